The summed E-state index contributed by atoms with van der Waals surface area (Å²) < 4.78 is 0. The van der Waals surface area contributed by atoms with Crippen LogP contribution in [-0.4, -0.2) is 23.1 Å². The molecule has 0 bridgehead atoms. The highest BCUT2D eigenvalue weighted by Crippen LogP contribution is 2.34. The Bertz CT molecular complexity index is 357. The molecule has 0 radical (unpaired) electrons. The second kappa shape index (κ2) is 4.81. The van der Waals surface area contributed by atoms with Crippen LogP contribution in [-0.2, 0) is 5.88 Å². The molecule has 2 aliphatic carbocycles. The van der Waals surface area contributed by atoms with Crippen molar-refractivity contribution in [2.45, 2.75) is 31.6 Å². The van der Waals surface area contributed by atoms with E-state index >= 15 is 0 Å². The van der Waals surface area contributed by atoms with Crippen LogP contribution >= 0.6 is 11.6 Å². The molecule has 92 valence electrons. The van der Waals surface area contributed by atoms with E-state index in [1.54, 1.807) is 0 Å². The van der Waals surface area contributed by atoms with E-state index in [0.717, 1.165) is 36.4 Å². The predicted molar refractivity (Wildman–Crippen MR) is 69.3 cm³/mol. The van der Waals surface area contributed by atoms with Crippen LogP contribution in [0.3, 0.4) is 0 Å². The van der Waals surface area contributed by atoms with Crippen molar-refractivity contribution >= 4 is 17.5 Å². The van der Waals surface area contributed by atoms with Gasteiger partial charge in [0.05, 0.1) is 5.88 Å². The van der Waals surface area contributed by atoms with Crippen LogP contribution in [0.5, 0.6) is 0 Å². The minimum absolute atomic E-state index is 0.492. The molecule has 3 rings (SSSR count). The van der Waals surface area contributed by atoms with Gasteiger partial charge in [-0.15, -0.1) is 11.6 Å². The zero-order valence-corrected chi connectivity index (χ0v) is 10.7. The Kier molecular flexibility index (Phi) is 3.19. The fraction of sp³-hybridized carbons (Fsp3) is 0.692. The van der Waals surface area contributed by atoms with E-state index in [0.29, 0.717) is 5.88 Å². The largest absolute Gasteiger partial charge is 0.340 e. The Morgan fingerprint density at radius 1 is 1.06 bits per heavy atom. The third-order valence-electron chi connectivity index (χ3n) is 3.48. The standard InChI is InChI=1S/C13H18ClN3/c14-5-12-6-15-13(16-7-12)17(8-10-1-2-10)9-11-3-4-11/h6-7,10-11H,1-5,8-9H2. The van der Waals surface area contributed by atoms with Crippen molar-refractivity contribution in [2.75, 3.05) is 18.0 Å². The van der Waals surface area contributed by atoms with Crippen molar-refractivity contribution in [3.05, 3.63) is 18.0 Å². The molecule has 0 amide bonds. The van der Waals surface area contributed by atoms with E-state index in [4.69, 9.17) is 11.6 Å². The summed E-state index contributed by atoms with van der Waals surface area (Å²) in [6.45, 7) is 2.27. The topological polar surface area (TPSA) is 29.0 Å². The number of hydrogen-bond acceptors (Lipinski definition) is 3. The number of alkyl halides is 1. The van der Waals surface area contributed by atoms with Crippen LogP contribution in [0.15, 0.2) is 12.4 Å². The lowest BCUT2D eigenvalue weighted by Crippen LogP contribution is -2.29. The Morgan fingerprint density at radius 3 is 2.00 bits per heavy atom. The summed E-state index contributed by atoms with van der Waals surface area (Å²) in [6.07, 6.45) is 9.20. The molecule has 1 heterocycles. The summed E-state index contributed by atoms with van der Waals surface area (Å²) in [5, 5.41) is 0. The molecule has 0 atom stereocenters. The third-order valence-corrected chi connectivity index (χ3v) is 3.79. The zero-order chi connectivity index (χ0) is 11.7. The van der Waals surface area contributed by atoms with E-state index in [1.165, 1.54) is 25.7 Å². The van der Waals surface area contributed by atoms with Crippen molar-refractivity contribution in [2.24, 2.45) is 11.8 Å². The number of anilines is 1. The fourth-order valence-electron chi connectivity index (χ4n) is 2.04. The van der Waals surface area contributed by atoms with Crippen LogP contribution in [0.4, 0.5) is 5.95 Å². The lowest BCUT2D eigenvalue weighted by atomic mass is 10.3. The van der Waals surface area contributed by atoms with Gasteiger partial charge >= 0.3 is 0 Å². The molecule has 0 N–H and O–H groups in total. The van der Waals surface area contributed by atoms with E-state index in [-0.39, 0.29) is 0 Å². The molecule has 2 fully saturated rings. The molecule has 17 heavy (non-hydrogen) atoms. The number of rotatable bonds is 6. The maximum atomic E-state index is 5.75. The van der Waals surface area contributed by atoms with E-state index < -0.39 is 0 Å². The first-order valence-corrected chi connectivity index (χ1v) is 7.00. The summed E-state index contributed by atoms with van der Waals surface area (Å²) in [5.74, 6) is 3.14. The maximum Gasteiger partial charge on any atom is 0.225 e. The summed E-state index contributed by atoms with van der Waals surface area (Å²) in [6, 6.07) is 0. The van der Waals surface area contributed by atoms with Gasteiger partial charge in [-0.2, -0.15) is 0 Å². The van der Waals surface area contributed by atoms with Gasteiger partial charge in [0, 0.05) is 31.0 Å². The predicted octanol–water partition coefficient (Wildman–Crippen LogP) is 2.84. The minimum Gasteiger partial charge on any atom is -0.340 e. The van der Waals surface area contributed by atoms with Gasteiger partial charge in [-0.3, -0.25) is 0 Å². The monoisotopic (exact) mass is 251 g/mol. The van der Waals surface area contributed by atoms with E-state index in [2.05, 4.69) is 14.9 Å². The molecule has 0 unspecified atom stereocenters. The van der Waals surface area contributed by atoms with Crippen molar-refractivity contribution < 1.29 is 0 Å². The average Bonchev–Trinajstić information content (AvgIpc) is 3.23. The number of nitrogens with zero attached hydrogens (tertiary/aromatic N) is 3. The molecule has 0 aromatic carbocycles. The minimum atomic E-state index is 0.492. The lowest BCUT2D eigenvalue weighted by Gasteiger charge is -2.22. The number of aromatic nitrogens is 2. The summed E-state index contributed by atoms with van der Waals surface area (Å²) in [7, 11) is 0. The highest BCUT2D eigenvalue weighted by atomic mass is 35.5. The molecular weight excluding hydrogens is 234 g/mol. The van der Waals surface area contributed by atoms with Crippen molar-refractivity contribution in [3.8, 4) is 0 Å². The molecule has 0 spiro atoms. The molecular formula is C13H18ClN3. The number of hydrogen-bond donors (Lipinski definition) is 0. The second-order valence-electron chi connectivity index (χ2n) is 5.32. The van der Waals surface area contributed by atoms with Gasteiger partial charge in [0.2, 0.25) is 5.95 Å². The van der Waals surface area contributed by atoms with Crippen LogP contribution in [0.2, 0.25) is 0 Å². The Balaban J connectivity index is 1.69. The van der Waals surface area contributed by atoms with E-state index in [9.17, 15) is 0 Å². The molecule has 2 aliphatic rings. The lowest BCUT2D eigenvalue weighted by molar-refractivity contribution is 0.661. The first-order chi connectivity index (χ1) is 8.35. The maximum absolute atomic E-state index is 5.75. The Morgan fingerprint density at radius 2 is 1.59 bits per heavy atom. The van der Waals surface area contributed by atoms with Crippen molar-refractivity contribution in [3.63, 3.8) is 0 Å². The quantitative estimate of drug-likeness (QED) is 0.728. The van der Waals surface area contributed by atoms with Crippen LogP contribution in [0, 0.1) is 11.8 Å². The molecule has 3 nitrogen and oxygen atoms in total. The van der Waals surface area contributed by atoms with Gasteiger partial charge in [-0.25, -0.2) is 9.97 Å². The van der Waals surface area contributed by atoms with Gasteiger partial charge in [0.25, 0.3) is 0 Å². The Labute approximate surface area is 107 Å². The molecule has 4 heteroatoms. The first-order valence-electron chi connectivity index (χ1n) is 6.47. The van der Waals surface area contributed by atoms with Gasteiger partial charge < -0.3 is 4.90 Å². The zero-order valence-electron chi connectivity index (χ0n) is 9.98. The smallest absolute Gasteiger partial charge is 0.225 e. The number of halogens is 1. The summed E-state index contributed by atoms with van der Waals surface area (Å²) in [5.41, 5.74) is 0.994. The van der Waals surface area contributed by atoms with Crippen LogP contribution in [0.25, 0.3) is 0 Å². The molecule has 0 saturated heterocycles. The van der Waals surface area contributed by atoms with Gasteiger partial charge in [-0.1, -0.05) is 0 Å². The van der Waals surface area contributed by atoms with Crippen LogP contribution in [0.1, 0.15) is 31.2 Å². The normalized spacial score (nSPS) is 19.4. The molecule has 0 aliphatic heterocycles. The fourth-order valence-corrected chi connectivity index (χ4v) is 2.18. The van der Waals surface area contributed by atoms with Crippen molar-refractivity contribution in [1.82, 2.24) is 9.97 Å². The third kappa shape index (κ3) is 3.09. The summed E-state index contributed by atoms with van der Waals surface area (Å²) in [4.78, 5) is 11.3. The van der Waals surface area contributed by atoms with Gasteiger partial charge in [-0.05, 0) is 37.5 Å². The highest BCUT2D eigenvalue weighted by molar-refractivity contribution is 6.17. The SMILES string of the molecule is ClCc1cnc(N(CC2CC2)CC2CC2)nc1. The Hall–Kier alpha value is -0.830. The molecule has 1 aromatic rings. The van der Waals surface area contributed by atoms with E-state index in [1.807, 2.05) is 12.4 Å². The van der Waals surface area contributed by atoms with Gasteiger partial charge in [0.15, 0.2) is 0 Å². The van der Waals surface area contributed by atoms with Crippen LogP contribution < -0.4 is 4.90 Å². The van der Waals surface area contributed by atoms with Gasteiger partial charge in [0.1, 0.15) is 0 Å². The van der Waals surface area contributed by atoms with Crippen molar-refractivity contribution in [1.29, 1.82) is 0 Å². The second-order valence-corrected chi connectivity index (χ2v) is 5.58. The molecule has 1 aromatic heterocycles. The summed E-state index contributed by atoms with van der Waals surface area (Å²) >= 11 is 5.75. The average molecular weight is 252 g/mol. The molecule has 2 saturated carbocycles. The highest BCUT2D eigenvalue weighted by Gasteiger charge is 2.30. The first kappa shape index (κ1) is 11.3.